The number of carboxylic acids is 1. The molecule has 2 aromatic heterocycles. The van der Waals surface area contributed by atoms with E-state index in [4.69, 9.17) is 9.84 Å². The number of benzene rings is 1. The minimum Gasteiger partial charge on any atom is -0.482 e. The quantitative estimate of drug-likeness (QED) is 0.663. The molecule has 27 heavy (non-hydrogen) atoms. The van der Waals surface area contributed by atoms with Gasteiger partial charge in [-0.1, -0.05) is 12.1 Å². The van der Waals surface area contributed by atoms with Gasteiger partial charge in [-0.25, -0.2) is 14.5 Å². The fraction of sp³-hybridized carbons (Fsp3) is 0.263. The lowest BCUT2D eigenvalue weighted by Gasteiger charge is -2.09. The largest absolute Gasteiger partial charge is 0.482 e. The third-order valence-electron chi connectivity index (χ3n) is 3.90. The summed E-state index contributed by atoms with van der Waals surface area (Å²) in [5.41, 5.74) is 1.99. The van der Waals surface area contributed by atoms with Gasteiger partial charge in [-0.05, 0) is 37.6 Å². The Morgan fingerprint density at radius 1 is 1.26 bits per heavy atom. The topological polar surface area (TPSA) is 106 Å². The first-order valence-electron chi connectivity index (χ1n) is 8.49. The van der Waals surface area contributed by atoms with E-state index in [1.807, 2.05) is 19.9 Å². The van der Waals surface area contributed by atoms with Gasteiger partial charge in [0.2, 0.25) is 0 Å². The molecule has 3 aromatic rings. The highest BCUT2D eigenvalue weighted by Crippen LogP contribution is 2.17. The van der Waals surface area contributed by atoms with Crippen LogP contribution in [-0.4, -0.2) is 38.4 Å². The molecule has 0 aliphatic heterocycles. The van der Waals surface area contributed by atoms with Crippen LogP contribution in [0.25, 0.3) is 11.0 Å². The fourth-order valence-electron chi connectivity index (χ4n) is 2.62. The van der Waals surface area contributed by atoms with Crippen LogP contribution in [0.4, 0.5) is 0 Å². The van der Waals surface area contributed by atoms with E-state index in [-0.39, 0.29) is 18.5 Å². The van der Waals surface area contributed by atoms with E-state index in [0.717, 1.165) is 16.6 Å². The molecule has 0 bridgehead atoms. The van der Waals surface area contributed by atoms with Gasteiger partial charge in [0, 0.05) is 24.2 Å². The molecule has 8 nitrogen and oxygen atoms in total. The number of amides is 1. The average molecular weight is 368 g/mol. The van der Waals surface area contributed by atoms with Gasteiger partial charge in [0.1, 0.15) is 5.75 Å². The molecule has 0 radical (unpaired) electrons. The van der Waals surface area contributed by atoms with Crippen molar-refractivity contribution >= 4 is 22.9 Å². The molecule has 2 heterocycles. The number of nitrogens with zero attached hydrogens (tertiary/aromatic N) is 3. The van der Waals surface area contributed by atoms with Crippen molar-refractivity contribution in [1.29, 1.82) is 0 Å². The Labute approximate surface area is 155 Å². The number of carboxylic acid groups (broad SMARTS) is 1. The zero-order valence-corrected chi connectivity index (χ0v) is 15.0. The Morgan fingerprint density at radius 3 is 2.81 bits per heavy atom. The van der Waals surface area contributed by atoms with E-state index in [0.29, 0.717) is 11.3 Å². The molecule has 0 saturated carbocycles. The molecule has 2 N–H and O–H groups in total. The first-order valence-corrected chi connectivity index (χ1v) is 8.49. The molecule has 140 valence electrons. The molecule has 0 saturated heterocycles. The Kier molecular flexibility index (Phi) is 5.35. The Bertz CT molecular complexity index is 981. The van der Waals surface area contributed by atoms with Crippen LogP contribution in [-0.2, 0) is 11.3 Å². The van der Waals surface area contributed by atoms with Crippen LogP contribution in [0.3, 0.4) is 0 Å². The van der Waals surface area contributed by atoms with Crippen LogP contribution < -0.4 is 10.1 Å². The molecular formula is C19H20N4O4. The minimum absolute atomic E-state index is 0.185. The van der Waals surface area contributed by atoms with Crippen LogP contribution in [0.15, 0.2) is 42.7 Å². The van der Waals surface area contributed by atoms with Crippen molar-refractivity contribution in [3.05, 3.63) is 53.9 Å². The molecule has 0 unspecified atom stereocenters. The van der Waals surface area contributed by atoms with Crippen LogP contribution in [0.1, 0.15) is 35.8 Å². The molecule has 0 spiro atoms. The number of aromatic nitrogens is 3. The lowest BCUT2D eigenvalue weighted by molar-refractivity contribution is -0.139. The summed E-state index contributed by atoms with van der Waals surface area (Å²) in [5, 5.41) is 16.6. The smallest absolute Gasteiger partial charge is 0.341 e. The van der Waals surface area contributed by atoms with Gasteiger partial charge in [0.15, 0.2) is 12.3 Å². The number of ether oxygens (including phenoxy) is 1. The van der Waals surface area contributed by atoms with Crippen molar-refractivity contribution < 1.29 is 19.4 Å². The Hall–Kier alpha value is -3.42. The van der Waals surface area contributed by atoms with Crippen LogP contribution in [0.5, 0.6) is 5.75 Å². The van der Waals surface area contributed by atoms with E-state index in [1.165, 1.54) is 6.20 Å². The van der Waals surface area contributed by atoms with E-state index < -0.39 is 12.6 Å². The summed E-state index contributed by atoms with van der Waals surface area (Å²) in [6, 6.07) is 8.87. The van der Waals surface area contributed by atoms with Gasteiger partial charge in [0.05, 0.1) is 11.8 Å². The number of hydrogen-bond donors (Lipinski definition) is 2. The number of carbonyl (C=O) groups is 2. The molecule has 8 heteroatoms. The minimum atomic E-state index is -1.04. The maximum Gasteiger partial charge on any atom is 0.341 e. The van der Waals surface area contributed by atoms with Crippen LogP contribution in [0, 0.1) is 0 Å². The molecule has 1 aromatic carbocycles. The second-order valence-electron chi connectivity index (χ2n) is 6.33. The number of rotatable bonds is 7. The van der Waals surface area contributed by atoms with E-state index in [9.17, 15) is 9.59 Å². The molecule has 0 aliphatic rings. The van der Waals surface area contributed by atoms with Crippen molar-refractivity contribution in [3.8, 4) is 5.75 Å². The van der Waals surface area contributed by atoms with Crippen molar-refractivity contribution in [1.82, 2.24) is 20.1 Å². The molecule has 0 fully saturated rings. The SMILES string of the molecule is CC(C)n1ncc2cc(C(=O)NCc3cccc(OCC(=O)O)c3)cnc21. The summed E-state index contributed by atoms with van der Waals surface area (Å²) < 4.78 is 6.94. The Balaban J connectivity index is 1.66. The zero-order chi connectivity index (χ0) is 19.4. The van der Waals surface area contributed by atoms with Crippen molar-refractivity contribution in [3.63, 3.8) is 0 Å². The maximum atomic E-state index is 12.4. The second-order valence-corrected chi connectivity index (χ2v) is 6.33. The summed E-state index contributed by atoms with van der Waals surface area (Å²) in [4.78, 5) is 27.3. The Morgan fingerprint density at radius 2 is 2.07 bits per heavy atom. The van der Waals surface area contributed by atoms with Gasteiger partial charge in [-0.3, -0.25) is 4.79 Å². The highest BCUT2D eigenvalue weighted by Gasteiger charge is 2.12. The standard InChI is InChI=1S/C19H20N4O4/c1-12(2)23-18-14(10-22-23)7-15(9-20-18)19(26)21-8-13-4-3-5-16(6-13)27-11-17(24)25/h3-7,9-10,12H,8,11H2,1-2H3,(H,21,26)(H,24,25). The van der Waals surface area contributed by atoms with Crippen molar-refractivity contribution in [2.45, 2.75) is 26.4 Å². The predicted octanol–water partition coefficient (Wildman–Crippen LogP) is 2.41. The lowest BCUT2D eigenvalue weighted by atomic mass is 10.2. The highest BCUT2D eigenvalue weighted by molar-refractivity contribution is 5.96. The van der Waals surface area contributed by atoms with Gasteiger partial charge in [-0.15, -0.1) is 0 Å². The third kappa shape index (κ3) is 4.41. The van der Waals surface area contributed by atoms with Crippen molar-refractivity contribution in [2.75, 3.05) is 6.61 Å². The lowest BCUT2D eigenvalue weighted by Crippen LogP contribution is -2.23. The first-order chi connectivity index (χ1) is 12.9. The third-order valence-corrected chi connectivity index (χ3v) is 3.90. The molecule has 1 amide bonds. The molecule has 0 aliphatic carbocycles. The molecule has 3 rings (SSSR count). The summed E-state index contributed by atoms with van der Waals surface area (Å²) in [7, 11) is 0. The number of nitrogens with one attached hydrogen (secondary N) is 1. The monoisotopic (exact) mass is 368 g/mol. The van der Waals surface area contributed by atoms with E-state index in [2.05, 4.69) is 15.4 Å². The first kappa shape index (κ1) is 18.4. The second kappa shape index (κ2) is 7.86. The summed E-state index contributed by atoms with van der Waals surface area (Å²) in [6.45, 7) is 3.91. The molecule has 0 atom stereocenters. The van der Waals surface area contributed by atoms with Gasteiger partial charge in [0.25, 0.3) is 5.91 Å². The van der Waals surface area contributed by atoms with E-state index >= 15 is 0 Å². The number of pyridine rings is 1. The number of hydrogen-bond acceptors (Lipinski definition) is 5. The van der Waals surface area contributed by atoms with Crippen LogP contribution >= 0.6 is 0 Å². The van der Waals surface area contributed by atoms with Gasteiger partial charge < -0.3 is 15.2 Å². The predicted molar refractivity (Wildman–Crippen MR) is 98.7 cm³/mol. The number of fused-ring (bicyclic) bond motifs is 1. The fourth-order valence-corrected chi connectivity index (χ4v) is 2.62. The zero-order valence-electron chi connectivity index (χ0n) is 15.0. The van der Waals surface area contributed by atoms with Gasteiger partial charge in [-0.2, -0.15) is 5.10 Å². The van der Waals surface area contributed by atoms with E-state index in [1.54, 1.807) is 35.1 Å². The number of aliphatic carboxylic acids is 1. The number of carbonyl (C=O) groups excluding carboxylic acids is 1. The van der Waals surface area contributed by atoms with Crippen molar-refractivity contribution in [2.24, 2.45) is 0 Å². The summed E-state index contributed by atoms with van der Waals surface area (Å²) in [6.07, 6.45) is 3.23. The normalized spacial score (nSPS) is 10.9. The highest BCUT2D eigenvalue weighted by atomic mass is 16.5. The molecular weight excluding hydrogens is 348 g/mol. The van der Waals surface area contributed by atoms with Crippen LogP contribution in [0.2, 0.25) is 0 Å². The van der Waals surface area contributed by atoms with Gasteiger partial charge >= 0.3 is 5.97 Å². The average Bonchev–Trinajstić information content (AvgIpc) is 3.08. The summed E-state index contributed by atoms with van der Waals surface area (Å²) >= 11 is 0. The summed E-state index contributed by atoms with van der Waals surface area (Å²) in [5.74, 6) is -0.857. The maximum absolute atomic E-state index is 12.4.